The van der Waals surface area contributed by atoms with Crippen molar-refractivity contribution < 1.29 is 9.53 Å². The zero-order valence-electron chi connectivity index (χ0n) is 16.1. The highest BCUT2D eigenvalue weighted by Crippen LogP contribution is 2.34. The minimum absolute atomic E-state index is 0.0326. The first kappa shape index (κ1) is 20.5. The molecule has 6 heteroatoms. The molecule has 4 nitrogen and oxygen atoms in total. The molecule has 30 heavy (non-hydrogen) atoms. The minimum Gasteiger partial charge on any atom is -0.370 e. The van der Waals surface area contributed by atoms with Crippen LogP contribution in [0.3, 0.4) is 0 Å². The van der Waals surface area contributed by atoms with Gasteiger partial charge in [-0.3, -0.25) is 4.79 Å². The lowest BCUT2D eigenvalue weighted by Crippen LogP contribution is -2.42. The van der Waals surface area contributed by atoms with Gasteiger partial charge in [-0.1, -0.05) is 59.8 Å². The Balaban J connectivity index is 1.56. The van der Waals surface area contributed by atoms with Gasteiger partial charge in [0.25, 0.3) is 5.91 Å². The Morgan fingerprint density at radius 3 is 2.50 bits per heavy atom. The molecule has 3 aromatic carbocycles. The van der Waals surface area contributed by atoms with E-state index in [1.807, 2.05) is 71.6 Å². The van der Waals surface area contributed by atoms with Crippen LogP contribution in [0, 0.1) is 11.3 Å². The van der Waals surface area contributed by atoms with Crippen molar-refractivity contribution in [2.75, 3.05) is 19.7 Å². The first-order chi connectivity index (χ1) is 14.7. The van der Waals surface area contributed by atoms with Crippen molar-refractivity contribution in [2.24, 2.45) is 0 Å². The lowest BCUT2D eigenvalue weighted by atomic mass is 10.1. The summed E-state index contributed by atoms with van der Waals surface area (Å²) in [5.41, 5.74) is 2.23. The molecule has 0 N–H and O–H groups in total. The molecular formula is C24H19ClN2O2S. The van der Waals surface area contributed by atoms with Gasteiger partial charge in [0, 0.05) is 21.4 Å². The minimum atomic E-state index is -0.181. The second-order valence-corrected chi connectivity index (χ2v) is 8.39. The Labute approximate surface area is 185 Å². The van der Waals surface area contributed by atoms with Crippen molar-refractivity contribution in [1.82, 2.24) is 4.90 Å². The van der Waals surface area contributed by atoms with Crippen LogP contribution in [0.1, 0.15) is 27.6 Å². The molecule has 1 saturated heterocycles. The van der Waals surface area contributed by atoms with E-state index in [9.17, 15) is 10.1 Å². The third-order valence-electron chi connectivity index (χ3n) is 4.94. The molecule has 1 heterocycles. The van der Waals surface area contributed by atoms with Gasteiger partial charge < -0.3 is 9.64 Å². The van der Waals surface area contributed by atoms with E-state index in [0.29, 0.717) is 35.8 Å². The number of hydrogen-bond donors (Lipinski definition) is 0. The number of rotatable bonds is 4. The van der Waals surface area contributed by atoms with Crippen molar-refractivity contribution in [3.05, 3.63) is 94.5 Å². The summed E-state index contributed by atoms with van der Waals surface area (Å²) in [6.07, 6.45) is -0.181. The highest BCUT2D eigenvalue weighted by atomic mass is 35.5. The topological polar surface area (TPSA) is 53.3 Å². The number of benzene rings is 3. The van der Waals surface area contributed by atoms with Crippen molar-refractivity contribution in [2.45, 2.75) is 15.9 Å². The number of nitriles is 1. The van der Waals surface area contributed by atoms with Gasteiger partial charge in [0.1, 0.15) is 12.2 Å². The van der Waals surface area contributed by atoms with Crippen molar-refractivity contribution >= 4 is 29.3 Å². The quantitative estimate of drug-likeness (QED) is 0.538. The summed E-state index contributed by atoms with van der Waals surface area (Å²) in [5.74, 6) is -0.0326. The van der Waals surface area contributed by atoms with E-state index in [1.54, 1.807) is 6.07 Å². The smallest absolute Gasteiger partial charge is 0.255 e. The van der Waals surface area contributed by atoms with Gasteiger partial charge in [0.15, 0.2) is 0 Å². The third-order valence-corrected chi connectivity index (χ3v) is 6.34. The van der Waals surface area contributed by atoms with Gasteiger partial charge in [-0.25, -0.2) is 0 Å². The van der Waals surface area contributed by atoms with Crippen LogP contribution in [0.4, 0.5) is 0 Å². The van der Waals surface area contributed by atoms with E-state index >= 15 is 0 Å². The van der Waals surface area contributed by atoms with Crippen LogP contribution in [0.5, 0.6) is 0 Å². The van der Waals surface area contributed by atoms with E-state index in [4.69, 9.17) is 16.3 Å². The van der Waals surface area contributed by atoms with Crippen LogP contribution in [-0.2, 0) is 4.74 Å². The fourth-order valence-electron chi connectivity index (χ4n) is 3.38. The van der Waals surface area contributed by atoms with Crippen molar-refractivity contribution in [3.8, 4) is 6.07 Å². The molecule has 1 atom stereocenters. The number of hydrogen-bond acceptors (Lipinski definition) is 4. The summed E-state index contributed by atoms with van der Waals surface area (Å²) in [4.78, 5) is 16.9. The number of carbonyl (C=O) groups excluding carboxylic acids is 1. The van der Waals surface area contributed by atoms with Gasteiger partial charge in [0.2, 0.25) is 0 Å². The lowest BCUT2D eigenvalue weighted by Gasteiger charge is -2.33. The molecule has 3 aromatic rings. The Morgan fingerprint density at radius 2 is 1.73 bits per heavy atom. The van der Waals surface area contributed by atoms with E-state index in [2.05, 4.69) is 6.07 Å². The maximum atomic E-state index is 13.4. The van der Waals surface area contributed by atoms with E-state index < -0.39 is 0 Å². The molecule has 1 amide bonds. The monoisotopic (exact) mass is 434 g/mol. The van der Waals surface area contributed by atoms with Gasteiger partial charge in [-0.2, -0.15) is 5.26 Å². The Kier molecular flexibility index (Phi) is 6.39. The summed E-state index contributed by atoms with van der Waals surface area (Å²) >= 11 is 7.43. The molecule has 1 unspecified atom stereocenters. The predicted molar refractivity (Wildman–Crippen MR) is 118 cm³/mol. The fraction of sp³-hybridized carbons (Fsp3) is 0.167. The zero-order chi connectivity index (χ0) is 20.9. The maximum absolute atomic E-state index is 13.4. The van der Waals surface area contributed by atoms with Crippen molar-refractivity contribution in [3.63, 3.8) is 0 Å². The molecule has 1 aliphatic rings. The van der Waals surface area contributed by atoms with Crippen LogP contribution in [0.15, 0.2) is 82.6 Å². The van der Waals surface area contributed by atoms with Crippen LogP contribution < -0.4 is 0 Å². The highest BCUT2D eigenvalue weighted by Gasteiger charge is 2.27. The summed E-state index contributed by atoms with van der Waals surface area (Å²) in [6.45, 7) is 1.50. The maximum Gasteiger partial charge on any atom is 0.255 e. The number of morpholine rings is 1. The van der Waals surface area contributed by atoms with Gasteiger partial charge in [-0.15, -0.1) is 0 Å². The Bertz CT molecular complexity index is 1090. The second-order valence-electron chi connectivity index (χ2n) is 6.87. The number of amides is 1. The summed E-state index contributed by atoms with van der Waals surface area (Å²) in [7, 11) is 0. The summed E-state index contributed by atoms with van der Waals surface area (Å²) in [5, 5.41) is 10.0. The lowest BCUT2D eigenvalue weighted by molar-refractivity contribution is -0.0229. The van der Waals surface area contributed by atoms with Crippen LogP contribution in [0.25, 0.3) is 0 Å². The number of halogens is 1. The average Bonchev–Trinajstić information content (AvgIpc) is 2.80. The van der Waals surface area contributed by atoms with Gasteiger partial charge in [-0.05, 0) is 42.0 Å². The summed E-state index contributed by atoms with van der Waals surface area (Å²) in [6, 6.07) is 24.7. The SMILES string of the molecule is N#Cc1ccccc1Sc1ccccc1C(=O)N1CCOC(c2ccc(Cl)cc2)C1. The zero-order valence-corrected chi connectivity index (χ0v) is 17.7. The second kappa shape index (κ2) is 9.36. The number of carbonyl (C=O) groups is 1. The fourth-order valence-corrected chi connectivity index (χ4v) is 4.53. The van der Waals surface area contributed by atoms with Gasteiger partial charge >= 0.3 is 0 Å². The van der Waals surface area contributed by atoms with E-state index in [-0.39, 0.29) is 12.0 Å². The molecule has 1 aliphatic heterocycles. The number of nitrogens with zero attached hydrogens (tertiary/aromatic N) is 2. The molecule has 0 aliphatic carbocycles. The van der Waals surface area contributed by atoms with Crippen molar-refractivity contribution in [1.29, 1.82) is 5.26 Å². The molecule has 0 radical (unpaired) electrons. The van der Waals surface area contributed by atoms with E-state index in [1.165, 1.54) is 11.8 Å². The number of ether oxygens (including phenoxy) is 1. The van der Waals surface area contributed by atoms with Crippen LogP contribution in [0.2, 0.25) is 5.02 Å². The summed E-state index contributed by atoms with van der Waals surface area (Å²) < 4.78 is 5.90. The first-order valence-electron chi connectivity index (χ1n) is 9.58. The largest absolute Gasteiger partial charge is 0.370 e. The Hall–Kier alpha value is -2.78. The predicted octanol–water partition coefficient (Wildman–Crippen LogP) is 5.58. The molecule has 1 fully saturated rings. The third kappa shape index (κ3) is 4.52. The normalized spacial score (nSPS) is 16.1. The highest BCUT2D eigenvalue weighted by molar-refractivity contribution is 7.99. The Morgan fingerprint density at radius 1 is 1.03 bits per heavy atom. The van der Waals surface area contributed by atoms with Crippen LogP contribution >= 0.6 is 23.4 Å². The first-order valence-corrected chi connectivity index (χ1v) is 10.8. The standard InChI is InChI=1S/C24H19ClN2O2S/c25-19-11-9-17(10-12-19)21-16-27(13-14-29-21)24(28)20-6-2-4-8-23(20)30-22-7-3-1-5-18(22)15-26/h1-12,21H,13-14,16H2. The molecule has 4 rings (SSSR count). The average molecular weight is 435 g/mol. The molecule has 0 spiro atoms. The van der Waals surface area contributed by atoms with Gasteiger partial charge in [0.05, 0.1) is 24.3 Å². The molecule has 150 valence electrons. The molecule has 0 aromatic heterocycles. The molecule has 0 bridgehead atoms. The molecule has 0 saturated carbocycles. The molecular weight excluding hydrogens is 416 g/mol. The van der Waals surface area contributed by atoms with E-state index in [0.717, 1.165) is 15.4 Å². The van der Waals surface area contributed by atoms with Crippen LogP contribution in [-0.4, -0.2) is 30.5 Å².